The van der Waals surface area contributed by atoms with Crippen LogP contribution in [0, 0.1) is 33.8 Å². The molecule has 2 bridgehead atoms. The maximum absolute atomic E-state index is 12.8. The maximum Gasteiger partial charge on any atom is 0.344 e. The summed E-state index contributed by atoms with van der Waals surface area (Å²) < 4.78 is 10.1. The third-order valence-corrected chi connectivity index (χ3v) is 5.88. The van der Waals surface area contributed by atoms with Crippen LogP contribution in [0.3, 0.4) is 0 Å². The number of hydrazone groups is 1. The topological polar surface area (TPSA) is 128 Å². The van der Waals surface area contributed by atoms with Gasteiger partial charge in [0.1, 0.15) is 0 Å². The van der Waals surface area contributed by atoms with Gasteiger partial charge < -0.3 is 9.47 Å². The van der Waals surface area contributed by atoms with Gasteiger partial charge in [0.2, 0.25) is 5.75 Å². The Labute approximate surface area is 181 Å². The molecule has 0 radical (unpaired) electrons. The van der Waals surface area contributed by atoms with E-state index in [-0.39, 0.29) is 34.8 Å². The van der Waals surface area contributed by atoms with E-state index in [2.05, 4.69) is 5.10 Å². The molecular formula is C20H18ClN3O7. The number of halogens is 1. The van der Waals surface area contributed by atoms with Crippen LogP contribution >= 0.6 is 11.6 Å². The number of allylic oxidation sites excluding steroid dienone is 2. The Hall–Kier alpha value is -3.27. The van der Waals surface area contributed by atoms with Crippen LogP contribution in [0.25, 0.3) is 0 Å². The zero-order valence-corrected chi connectivity index (χ0v) is 17.2. The molecular weight excluding hydrogens is 430 g/mol. The molecule has 162 valence electrons. The van der Waals surface area contributed by atoms with Crippen molar-refractivity contribution in [3.8, 4) is 5.75 Å². The minimum absolute atomic E-state index is 0.0230. The van der Waals surface area contributed by atoms with Crippen LogP contribution in [0.2, 0.25) is 5.02 Å². The van der Waals surface area contributed by atoms with Crippen LogP contribution in [0.5, 0.6) is 5.75 Å². The lowest BCUT2D eigenvalue weighted by molar-refractivity contribution is -0.385. The van der Waals surface area contributed by atoms with Gasteiger partial charge in [-0.2, -0.15) is 10.1 Å². The van der Waals surface area contributed by atoms with Crippen molar-refractivity contribution in [2.75, 3.05) is 13.2 Å². The van der Waals surface area contributed by atoms with Gasteiger partial charge in [0.15, 0.2) is 6.61 Å². The second-order valence-electron chi connectivity index (χ2n) is 7.43. The van der Waals surface area contributed by atoms with Crippen molar-refractivity contribution < 1.29 is 28.8 Å². The van der Waals surface area contributed by atoms with E-state index in [0.29, 0.717) is 0 Å². The number of benzene rings is 1. The molecule has 2 amide bonds. The molecule has 4 rings (SSSR count). The van der Waals surface area contributed by atoms with Gasteiger partial charge in [0, 0.05) is 16.7 Å². The first kappa shape index (κ1) is 21.0. The van der Waals surface area contributed by atoms with Crippen LogP contribution in [-0.4, -0.2) is 47.1 Å². The summed E-state index contributed by atoms with van der Waals surface area (Å²) in [5, 5.41) is 16.3. The van der Waals surface area contributed by atoms with E-state index in [9.17, 15) is 24.5 Å². The van der Waals surface area contributed by atoms with Gasteiger partial charge in [-0.3, -0.25) is 19.7 Å². The van der Waals surface area contributed by atoms with Gasteiger partial charge in [-0.05, 0) is 31.2 Å². The molecule has 1 saturated carbocycles. The molecule has 31 heavy (non-hydrogen) atoms. The van der Waals surface area contributed by atoms with Crippen LogP contribution in [-0.2, 0) is 19.1 Å². The number of nitro benzene ring substituents is 1. The van der Waals surface area contributed by atoms with Gasteiger partial charge in [-0.25, -0.2) is 4.79 Å². The summed E-state index contributed by atoms with van der Waals surface area (Å²) in [7, 11) is 0. The number of esters is 1. The molecule has 3 aliphatic rings. The monoisotopic (exact) mass is 447 g/mol. The van der Waals surface area contributed by atoms with Crippen LogP contribution in [0.1, 0.15) is 18.9 Å². The third-order valence-electron chi connectivity index (χ3n) is 5.66. The number of nitro groups is 1. The van der Waals surface area contributed by atoms with E-state index < -0.39 is 46.8 Å². The molecule has 0 N–H and O–H groups in total. The second kappa shape index (κ2) is 8.10. The third kappa shape index (κ3) is 3.67. The molecule has 1 saturated heterocycles. The lowest BCUT2D eigenvalue weighted by Crippen LogP contribution is -2.28. The van der Waals surface area contributed by atoms with Crippen molar-refractivity contribution in [2.45, 2.75) is 13.3 Å². The highest BCUT2D eigenvalue weighted by molar-refractivity contribution is 6.31. The summed E-state index contributed by atoms with van der Waals surface area (Å²) in [6, 6.07) is 2.40. The first-order valence-corrected chi connectivity index (χ1v) is 10.1. The lowest BCUT2D eigenvalue weighted by atomic mass is 9.85. The van der Waals surface area contributed by atoms with Gasteiger partial charge in [0.25, 0.3) is 11.8 Å². The van der Waals surface area contributed by atoms with Gasteiger partial charge >= 0.3 is 11.7 Å². The Morgan fingerprint density at radius 1 is 1.29 bits per heavy atom. The minimum Gasteiger partial charge on any atom is -0.474 e. The normalized spacial score (nSPS) is 26.1. The van der Waals surface area contributed by atoms with Crippen molar-refractivity contribution in [3.63, 3.8) is 0 Å². The standard InChI is InChI=1S/C20H18ClN3O7/c1-2-30-15(25)9-31-18-12(6-13(21)7-14(18)24(28)29)8-22-23-19(26)16-10-3-4-11(5-10)17(16)20(23)27/h3-4,6-8,10-11,16-17H,2,5,9H2,1H3. The molecule has 0 spiro atoms. The first-order chi connectivity index (χ1) is 14.8. The molecule has 4 unspecified atom stereocenters. The molecule has 2 fully saturated rings. The van der Waals surface area contributed by atoms with E-state index in [1.54, 1.807) is 6.92 Å². The van der Waals surface area contributed by atoms with Gasteiger partial charge in [-0.15, -0.1) is 0 Å². The maximum atomic E-state index is 12.8. The summed E-state index contributed by atoms with van der Waals surface area (Å²) in [6.07, 6.45) is 5.82. The Kier molecular flexibility index (Phi) is 5.48. The largest absolute Gasteiger partial charge is 0.474 e. The molecule has 4 atom stereocenters. The van der Waals surface area contributed by atoms with E-state index in [1.165, 1.54) is 6.07 Å². The highest BCUT2D eigenvalue weighted by atomic mass is 35.5. The fourth-order valence-electron chi connectivity index (χ4n) is 4.44. The van der Waals surface area contributed by atoms with Crippen molar-refractivity contribution >= 4 is 41.3 Å². The highest BCUT2D eigenvalue weighted by Gasteiger charge is 2.59. The van der Waals surface area contributed by atoms with Crippen molar-refractivity contribution in [1.82, 2.24) is 5.01 Å². The SMILES string of the molecule is CCOC(=O)COc1c(C=NN2C(=O)C3C4C=CC(C4)C3C2=O)cc(Cl)cc1[N+](=O)[O-]. The van der Waals surface area contributed by atoms with Gasteiger partial charge in [0.05, 0.1) is 29.6 Å². The van der Waals surface area contributed by atoms with Crippen molar-refractivity contribution in [3.05, 3.63) is 45.0 Å². The highest BCUT2D eigenvalue weighted by Crippen LogP contribution is 2.52. The molecule has 10 nitrogen and oxygen atoms in total. The summed E-state index contributed by atoms with van der Waals surface area (Å²) in [5.74, 6) is -2.56. The number of hydrogen-bond donors (Lipinski definition) is 0. The Bertz CT molecular complexity index is 1010. The number of imide groups is 1. The first-order valence-electron chi connectivity index (χ1n) is 9.68. The minimum atomic E-state index is -0.719. The van der Waals surface area contributed by atoms with Crippen LogP contribution in [0.15, 0.2) is 29.4 Å². The number of fused-ring (bicyclic) bond motifs is 5. The second-order valence-corrected chi connectivity index (χ2v) is 7.86. The van der Waals surface area contributed by atoms with Gasteiger partial charge in [-0.1, -0.05) is 23.8 Å². The van der Waals surface area contributed by atoms with E-state index in [0.717, 1.165) is 23.7 Å². The molecule has 1 aromatic carbocycles. The number of rotatable bonds is 7. The molecule has 1 aromatic rings. The number of ether oxygens (including phenoxy) is 2. The fraction of sp³-hybridized carbons (Fsp3) is 0.400. The molecule has 2 aliphatic carbocycles. The number of amides is 2. The Morgan fingerprint density at radius 3 is 2.52 bits per heavy atom. The van der Waals surface area contributed by atoms with E-state index in [4.69, 9.17) is 21.1 Å². The summed E-state index contributed by atoms with van der Waals surface area (Å²) >= 11 is 5.99. The predicted octanol–water partition coefficient (Wildman–Crippen LogP) is 2.33. The smallest absolute Gasteiger partial charge is 0.344 e. The predicted molar refractivity (Wildman–Crippen MR) is 107 cm³/mol. The summed E-state index contributed by atoms with van der Waals surface area (Å²) in [5.41, 5.74) is -0.446. The zero-order valence-electron chi connectivity index (χ0n) is 16.4. The van der Waals surface area contributed by atoms with Crippen molar-refractivity contribution in [2.24, 2.45) is 28.8 Å². The van der Waals surface area contributed by atoms with Crippen molar-refractivity contribution in [1.29, 1.82) is 0 Å². The number of carbonyl (C=O) groups excluding carboxylic acids is 3. The molecule has 11 heteroatoms. The Balaban J connectivity index is 1.62. The summed E-state index contributed by atoms with van der Waals surface area (Å²) in [4.78, 5) is 47.9. The Morgan fingerprint density at radius 2 is 1.94 bits per heavy atom. The average Bonchev–Trinajstić information content (AvgIpc) is 3.40. The zero-order chi connectivity index (χ0) is 22.3. The lowest BCUT2D eigenvalue weighted by Gasteiger charge is -2.13. The van der Waals surface area contributed by atoms with E-state index in [1.807, 2.05) is 12.2 Å². The average molecular weight is 448 g/mol. The van der Waals surface area contributed by atoms with Crippen LogP contribution in [0.4, 0.5) is 5.69 Å². The molecule has 1 heterocycles. The quantitative estimate of drug-likeness (QED) is 0.157. The summed E-state index contributed by atoms with van der Waals surface area (Å²) in [6.45, 7) is 1.16. The van der Waals surface area contributed by atoms with E-state index >= 15 is 0 Å². The number of nitrogens with zero attached hydrogens (tertiary/aromatic N) is 3. The number of carbonyl (C=O) groups is 3. The molecule has 1 aliphatic heterocycles. The number of hydrogen-bond acceptors (Lipinski definition) is 8. The molecule has 0 aromatic heterocycles. The van der Waals surface area contributed by atoms with Crippen LogP contribution < -0.4 is 4.74 Å². The fourth-order valence-corrected chi connectivity index (χ4v) is 4.66.